The Kier molecular flexibility index (Phi) is 8.22. The van der Waals surface area contributed by atoms with Crippen molar-refractivity contribution in [2.45, 2.75) is 45.3 Å². The molecule has 3 nitrogen and oxygen atoms in total. The van der Waals surface area contributed by atoms with Crippen molar-refractivity contribution in [1.82, 2.24) is 5.32 Å². The second-order valence-electron chi connectivity index (χ2n) is 5.43. The first-order valence-electron chi connectivity index (χ1n) is 6.44. The number of β-amino-alcohol motifs (C(OH)–C–C–N with tert-alkyl or cyclic N) is 1. The molecule has 0 aliphatic heterocycles. The molecule has 4 N–H and O–H groups in total. The molecule has 0 bridgehead atoms. The summed E-state index contributed by atoms with van der Waals surface area (Å²) in [6, 6.07) is 3.31. The smallest absolute Gasteiger partial charge is 0.0915 e. The number of anilines is 1. The van der Waals surface area contributed by atoms with Gasteiger partial charge in [0.25, 0.3) is 0 Å². The summed E-state index contributed by atoms with van der Waals surface area (Å²) in [5.41, 5.74) is 6.69. The zero-order chi connectivity index (χ0) is 14.6. The maximum atomic E-state index is 10.2. The fraction of sp³-hybridized carbons (Fsp3) is 0.571. The predicted molar refractivity (Wildman–Crippen MR) is 90.1 cm³/mol. The Bertz CT molecular complexity index is 415. The van der Waals surface area contributed by atoms with Crippen LogP contribution in [-0.4, -0.2) is 17.2 Å². The van der Waals surface area contributed by atoms with Gasteiger partial charge in [-0.1, -0.05) is 36.5 Å². The fourth-order valence-electron chi connectivity index (χ4n) is 2.00. The summed E-state index contributed by atoms with van der Waals surface area (Å²) in [6.07, 6.45) is 1.48. The highest BCUT2D eigenvalue weighted by atomic mass is 35.5. The van der Waals surface area contributed by atoms with Crippen LogP contribution in [0.1, 0.15) is 45.3 Å². The van der Waals surface area contributed by atoms with Crippen molar-refractivity contribution in [3.63, 3.8) is 0 Å². The van der Waals surface area contributed by atoms with Crippen molar-refractivity contribution in [3.05, 3.63) is 27.7 Å². The number of nitrogens with two attached hydrogens (primary N) is 1. The van der Waals surface area contributed by atoms with Crippen molar-refractivity contribution in [2.75, 3.05) is 12.3 Å². The van der Waals surface area contributed by atoms with E-state index in [1.165, 1.54) is 0 Å². The highest BCUT2D eigenvalue weighted by Gasteiger charge is 2.19. The molecule has 0 heterocycles. The standard InChI is InChI=1S/C14H22Cl2N2O.ClH/c1-4-5-14(2,3)18-8-12(19)9-6-10(15)13(17)11(16)7-9;/h6-7,12,18-19H,4-5,8,17H2,1-3H3;1H. The number of hydrogen-bond acceptors (Lipinski definition) is 3. The number of halogens is 3. The third-order valence-electron chi connectivity index (χ3n) is 3.14. The molecule has 0 aliphatic rings. The molecule has 1 aromatic rings. The number of aliphatic hydroxyl groups is 1. The zero-order valence-corrected chi connectivity index (χ0v) is 14.4. The highest BCUT2D eigenvalue weighted by Crippen LogP contribution is 2.31. The van der Waals surface area contributed by atoms with Gasteiger partial charge in [0.1, 0.15) is 0 Å². The Labute approximate surface area is 137 Å². The molecular weight excluding hydrogens is 319 g/mol. The van der Waals surface area contributed by atoms with Crippen LogP contribution in [0.3, 0.4) is 0 Å². The Morgan fingerprint density at radius 3 is 2.25 bits per heavy atom. The number of aliphatic hydroxyl groups excluding tert-OH is 1. The topological polar surface area (TPSA) is 58.3 Å². The first-order chi connectivity index (χ1) is 8.76. The van der Waals surface area contributed by atoms with Crippen LogP contribution in [0, 0.1) is 0 Å². The van der Waals surface area contributed by atoms with E-state index in [1.54, 1.807) is 12.1 Å². The van der Waals surface area contributed by atoms with E-state index >= 15 is 0 Å². The van der Waals surface area contributed by atoms with E-state index in [2.05, 4.69) is 26.1 Å². The van der Waals surface area contributed by atoms with E-state index in [9.17, 15) is 5.11 Å². The third-order valence-corrected chi connectivity index (χ3v) is 3.76. The molecule has 1 aromatic carbocycles. The van der Waals surface area contributed by atoms with Gasteiger partial charge < -0.3 is 16.2 Å². The Morgan fingerprint density at radius 2 is 1.80 bits per heavy atom. The van der Waals surface area contributed by atoms with Gasteiger partial charge in [-0.2, -0.15) is 0 Å². The molecule has 0 aromatic heterocycles. The van der Waals surface area contributed by atoms with Crippen molar-refractivity contribution < 1.29 is 5.11 Å². The van der Waals surface area contributed by atoms with Gasteiger partial charge in [0.15, 0.2) is 0 Å². The Morgan fingerprint density at radius 1 is 1.30 bits per heavy atom. The number of hydrogen-bond donors (Lipinski definition) is 3. The van der Waals surface area contributed by atoms with Crippen molar-refractivity contribution in [3.8, 4) is 0 Å². The number of rotatable bonds is 6. The second-order valence-corrected chi connectivity index (χ2v) is 6.24. The maximum Gasteiger partial charge on any atom is 0.0915 e. The molecule has 0 saturated carbocycles. The van der Waals surface area contributed by atoms with Gasteiger partial charge in [0.2, 0.25) is 0 Å². The SMILES string of the molecule is CCCC(C)(C)NCC(O)c1cc(Cl)c(N)c(Cl)c1.Cl. The molecule has 1 unspecified atom stereocenters. The predicted octanol–water partition coefficient (Wildman–Crippen LogP) is 4.20. The lowest BCUT2D eigenvalue weighted by Gasteiger charge is -2.27. The van der Waals surface area contributed by atoms with Crippen LogP contribution < -0.4 is 11.1 Å². The summed E-state index contributed by atoms with van der Waals surface area (Å²) >= 11 is 11.9. The second kappa shape index (κ2) is 8.30. The van der Waals surface area contributed by atoms with Crippen LogP contribution in [0.5, 0.6) is 0 Å². The largest absolute Gasteiger partial charge is 0.396 e. The molecule has 0 amide bonds. The van der Waals surface area contributed by atoms with Crippen LogP contribution in [0.25, 0.3) is 0 Å². The lowest BCUT2D eigenvalue weighted by Crippen LogP contribution is -2.41. The van der Waals surface area contributed by atoms with E-state index in [-0.39, 0.29) is 17.9 Å². The van der Waals surface area contributed by atoms with Gasteiger partial charge in [0.05, 0.1) is 21.8 Å². The van der Waals surface area contributed by atoms with Crippen LogP contribution in [0.2, 0.25) is 10.0 Å². The first kappa shape index (κ1) is 19.8. The summed E-state index contributed by atoms with van der Waals surface area (Å²) in [5, 5.41) is 14.3. The zero-order valence-electron chi connectivity index (χ0n) is 12.0. The molecule has 1 atom stereocenters. The van der Waals surface area contributed by atoms with E-state index in [0.29, 0.717) is 27.8 Å². The molecule has 0 fully saturated rings. The molecule has 1 rings (SSSR count). The Balaban J connectivity index is 0.00000361. The minimum absolute atomic E-state index is 0. The lowest BCUT2D eigenvalue weighted by molar-refractivity contribution is 0.159. The van der Waals surface area contributed by atoms with Gasteiger partial charge in [-0.15, -0.1) is 12.4 Å². The van der Waals surface area contributed by atoms with E-state index in [0.717, 1.165) is 12.8 Å². The van der Waals surface area contributed by atoms with Crippen LogP contribution in [0.15, 0.2) is 12.1 Å². The van der Waals surface area contributed by atoms with Crippen molar-refractivity contribution in [1.29, 1.82) is 0 Å². The minimum atomic E-state index is -0.660. The number of nitrogen functional groups attached to an aromatic ring is 1. The maximum absolute atomic E-state index is 10.2. The summed E-state index contributed by atoms with van der Waals surface area (Å²) in [5.74, 6) is 0. The molecule has 6 heteroatoms. The van der Waals surface area contributed by atoms with Crippen molar-refractivity contribution in [2.24, 2.45) is 0 Å². The molecule has 0 saturated heterocycles. The number of nitrogens with one attached hydrogen (secondary N) is 1. The summed E-state index contributed by atoms with van der Waals surface area (Å²) in [6.45, 7) is 6.82. The van der Waals surface area contributed by atoms with E-state index in [1.807, 2.05) is 0 Å². The van der Waals surface area contributed by atoms with Gasteiger partial charge in [0, 0.05) is 12.1 Å². The summed E-state index contributed by atoms with van der Waals surface area (Å²) in [4.78, 5) is 0. The van der Waals surface area contributed by atoms with Gasteiger partial charge in [-0.3, -0.25) is 0 Å². The quantitative estimate of drug-likeness (QED) is 0.680. The van der Waals surface area contributed by atoms with Gasteiger partial charge >= 0.3 is 0 Å². The molecule has 116 valence electrons. The van der Waals surface area contributed by atoms with E-state index < -0.39 is 6.10 Å². The van der Waals surface area contributed by atoms with Gasteiger partial charge in [-0.05, 0) is 38.0 Å². The van der Waals surface area contributed by atoms with E-state index in [4.69, 9.17) is 28.9 Å². The average Bonchev–Trinajstić information content (AvgIpc) is 2.32. The summed E-state index contributed by atoms with van der Waals surface area (Å²) < 4.78 is 0. The Hall–Kier alpha value is -0.190. The monoisotopic (exact) mass is 340 g/mol. The van der Waals surface area contributed by atoms with Crippen LogP contribution in [0.4, 0.5) is 5.69 Å². The summed E-state index contributed by atoms with van der Waals surface area (Å²) in [7, 11) is 0. The third kappa shape index (κ3) is 5.66. The first-order valence-corrected chi connectivity index (χ1v) is 7.20. The molecule has 20 heavy (non-hydrogen) atoms. The van der Waals surface area contributed by atoms with Crippen LogP contribution in [-0.2, 0) is 0 Å². The highest BCUT2D eigenvalue weighted by molar-refractivity contribution is 6.38. The minimum Gasteiger partial charge on any atom is -0.396 e. The molecule has 0 spiro atoms. The normalized spacial score (nSPS) is 12.9. The molecular formula is C14H23Cl3N2O. The lowest BCUT2D eigenvalue weighted by atomic mass is 9.98. The molecule has 0 radical (unpaired) electrons. The molecule has 0 aliphatic carbocycles. The average molecular weight is 342 g/mol. The fourth-order valence-corrected chi connectivity index (χ4v) is 2.50. The van der Waals surface area contributed by atoms with Crippen molar-refractivity contribution >= 4 is 41.3 Å². The number of benzene rings is 1. The van der Waals surface area contributed by atoms with Gasteiger partial charge in [-0.25, -0.2) is 0 Å². The van der Waals surface area contributed by atoms with Crippen LogP contribution >= 0.6 is 35.6 Å².